The molecule has 0 saturated carbocycles. The second kappa shape index (κ2) is 8.70. The van der Waals surface area contributed by atoms with Gasteiger partial charge in [-0.05, 0) is 54.0 Å². The van der Waals surface area contributed by atoms with Gasteiger partial charge < -0.3 is 10.4 Å². The number of azo groups is 1. The van der Waals surface area contributed by atoms with Crippen LogP contribution in [0, 0.1) is 10.8 Å². The highest BCUT2D eigenvalue weighted by Gasteiger charge is 2.47. The van der Waals surface area contributed by atoms with Crippen LogP contribution in [0.3, 0.4) is 0 Å². The van der Waals surface area contributed by atoms with Gasteiger partial charge in [-0.1, -0.05) is 51.4 Å². The van der Waals surface area contributed by atoms with Gasteiger partial charge in [-0.3, -0.25) is 9.59 Å². The lowest BCUT2D eigenvalue weighted by atomic mass is 9.64. The number of nitrogens with one attached hydrogen (secondary N) is 1. The number of phenols is 1. The van der Waals surface area contributed by atoms with E-state index in [-0.39, 0.29) is 28.1 Å². The number of phenolic OH excluding ortho intramolecular Hbond substituents is 1. The normalized spacial score (nSPS) is 21.5. The Kier molecular flexibility index (Phi) is 5.91. The Morgan fingerprint density at radius 3 is 2.03 bits per heavy atom. The van der Waals surface area contributed by atoms with E-state index in [1.54, 1.807) is 30.3 Å². The third kappa shape index (κ3) is 4.50. The Labute approximate surface area is 216 Å². The molecule has 3 aliphatic rings. The number of dihydropyridines is 1. The van der Waals surface area contributed by atoms with E-state index in [0.29, 0.717) is 58.8 Å². The monoisotopic (exact) mass is 503 g/mol. The van der Waals surface area contributed by atoms with Crippen LogP contribution in [0.25, 0.3) is 0 Å². The van der Waals surface area contributed by atoms with Gasteiger partial charge in [0.25, 0.3) is 0 Å². The lowest BCUT2D eigenvalue weighted by molar-refractivity contribution is -0.119. The predicted molar refractivity (Wildman–Crippen MR) is 140 cm³/mol. The quantitative estimate of drug-likeness (QED) is 0.426. The van der Waals surface area contributed by atoms with Crippen LogP contribution in [0.15, 0.2) is 75.2 Å². The van der Waals surface area contributed by atoms with Crippen LogP contribution >= 0.6 is 11.6 Å². The molecule has 186 valence electrons. The number of aromatic hydroxyl groups is 1. The molecule has 2 aromatic rings. The largest absolute Gasteiger partial charge is 0.508 e. The first kappa shape index (κ1) is 24.4. The number of hydrogen-bond donors (Lipinski definition) is 2. The number of ketones is 2. The highest BCUT2D eigenvalue weighted by Crippen LogP contribution is 2.52. The zero-order valence-corrected chi connectivity index (χ0v) is 21.7. The third-order valence-electron chi connectivity index (χ3n) is 7.17. The van der Waals surface area contributed by atoms with Crippen LogP contribution in [0.2, 0.25) is 5.02 Å². The second-order valence-corrected chi connectivity index (χ2v) is 12.0. The Morgan fingerprint density at radius 1 is 0.861 bits per heavy atom. The molecular weight excluding hydrogens is 474 g/mol. The molecule has 0 unspecified atom stereocenters. The predicted octanol–water partition coefficient (Wildman–Crippen LogP) is 7.43. The number of benzene rings is 2. The van der Waals surface area contributed by atoms with Gasteiger partial charge in [-0.25, -0.2) is 0 Å². The summed E-state index contributed by atoms with van der Waals surface area (Å²) in [5.41, 5.74) is 4.01. The first-order valence-electron chi connectivity index (χ1n) is 12.2. The fraction of sp³-hybridized carbons (Fsp3) is 0.379. The molecule has 2 N–H and O–H groups in total. The molecule has 0 bridgehead atoms. The van der Waals surface area contributed by atoms with Crippen molar-refractivity contribution in [1.29, 1.82) is 0 Å². The van der Waals surface area contributed by atoms with Gasteiger partial charge in [0.1, 0.15) is 11.4 Å². The van der Waals surface area contributed by atoms with Crippen molar-refractivity contribution in [2.75, 3.05) is 0 Å². The summed E-state index contributed by atoms with van der Waals surface area (Å²) in [5, 5.41) is 23.6. The van der Waals surface area contributed by atoms with Gasteiger partial charge in [0.2, 0.25) is 0 Å². The molecule has 7 heteroatoms. The molecule has 1 aliphatic heterocycles. The van der Waals surface area contributed by atoms with Crippen LogP contribution in [0.5, 0.6) is 5.75 Å². The van der Waals surface area contributed by atoms with Gasteiger partial charge >= 0.3 is 0 Å². The summed E-state index contributed by atoms with van der Waals surface area (Å²) < 4.78 is 0. The number of halogens is 1. The van der Waals surface area contributed by atoms with Crippen molar-refractivity contribution >= 4 is 34.5 Å². The highest BCUT2D eigenvalue weighted by molar-refractivity contribution is 6.32. The van der Waals surface area contributed by atoms with Gasteiger partial charge in [-0.2, -0.15) is 5.11 Å². The maximum atomic E-state index is 13.5. The molecule has 0 spiro atoms. The topological polar surface area (TPSA) is 91.1 Å². The number of Topliss-reactive ketones (excluding diaryl/α,β-unsaturated/α-hetero) is 2. The summed E-state index contributed by atoms with van der Waals surface area (Å²) >= 11 is 6.21. The summed E-state index contributed by atoms with van der Waals surface area (Å²) in [6.07, 6.45) is 2.17. The minimum atomic E-state index is -0.640. The van der Waals surface area contributed by atoms with E-state index in [4.69, 9.17) is 11.6 Å². The number of allylic oxidation sites excluding steroid dienone is 4. The molecule has 5 rings (SSSR count). The van der Waals surface area contributed by atoms with E-state index in [9.17, 15) is 14.7 Å². The smallest absolute Gasteiger partial charge is 0.162 e. The minimum absolute atomic E-state index is 0.00503. The standard InChI is InChI=1S/C29H30ClN3O3/c1-28(2)12-20-26(23(35)14-28)25(27-21(31-20)13-29(3,4)15-24(27)36)17-11-16(9-10-22(17)34)32-33-19-8-6-5-7-18(19)30/h5-11,25,31,34H,12-15H2,1-4H3. The van der Waals surface area contributed by atoms with Gasteiger partial charge in [0.05, 0.1) is 10.7 Å². The van der Waals surface area contributed by atoms with E-state index in [1.165, 1.54) is 0 Å². The van der Waals surface area contributed by atoms with Crippen LogP contribution in [0.1, 0.15) is 64.9 Å². The van der Waals surface area contributed by atoms with Crippen molar-refractivity contribution < 1.29 is 14.7 Å². The van der Waals surface area contributed by atoms with Crippen molar-refractivity contribution in [3.05, 3.63) is 75.6 Å². The highest BCUT2D eigenvalue weighted by atomic mass is 35.5. The molecule has 1 heterocycles. The maximum absolute atomic E-state index is 13.5. The second-order valence-electron chi connectivity index (χ2n) is 11.6. The molecule has 0 fully saturated rings. The Hall–Kier alpha value is -3.25. The lowest BCUT2D eigenvalue weighted by Crippen LogP contribution is -2.42. The first-order valence-corrected chi connectivity index (χ1v) is 12.6. The number of carbonyl (C=O) groups excluding carboxylic acids is 2. The molecule has 0 aromatic heterocycles. The summed E-state index contributed by atoms with van der Waals surface area (Å²) in [5.74, 6) is -0.609. The Bertz CT molecular complexity index is 1330. The summed E-state index contributed by atoms with van der Waals surface area (Å²) in [6.45, 7) is 8.33. The average Bonchev–Trinajstić information content (AvgIpc) is 2.76. The van der Waals surface area contributed by atoms with Crippen LogP contribution < -0.4 is 5.32 Å². The van der Waals surface area contributed by atoms with E-state index >= 15 is 0 Å². The van der Waals surface area contributed by atoms with Crippen molar-refractivity contribution in [3.63, 3.8) is 0 Å². The van der Waals surface area contributed by atoms with Gasteiger partial charge in [0.15, 0.2) is 11.6 Å². The molecule has 0 radical (unpaired) electrons. The zero-order chi connectivity index (χ0) is 25.8. The number of rotatable bonds is 3. The van der Waals surface area contributed by atoms with Crippen LogP contribution in [0.4, 0.5) is 11.4 Å². The number of carbonyl (C=O) groups is 2. The van der Waals surface area contributed by atoms with E-state index in [2.05, 4.69) is 43.2 Å². The van der Waals surface area contributed by atoms with Crippen LogP contribution in [-0.2, 0) is 9.59 Å². The van der Waals surface area contributed by atoms with Gasteiger partial charge in [-0.15, -0.1) is 5.11 Å². The molecule has 6 nitrogen and oxygen atoms in total. The van der Waals surface area contributed by atoms with Crippen molar-refractivity contribution in [3.8, 4) is 5.75 Å². The molecule has 0 saturated heterocycles. The summed E-state index contributed by atoms with van der Waals surface area (Å²) in [7, 11) is 0. The lowest BCUT2D eigenvalue weighted by Gasteiger charge is -2.44. The average molecular weight is 504 g/mol. The summed E-state index contributed by atoms with van der Waals surface area (Å²) in [6, 6.07) is 12.1. The SMILES string of the molecule is CC1(C)CC(=O)C2=C(C1)NC1=C(C(=O)CC(C)(C)C1)C2c1cc(N=Nc2ccccc2Cl)ccc1O. The molecule has 0 atom stereocenters. The Morgan fingerprint density at radius 2 is 1.44 bits per heavy atom. The zero-order valence-electron chi connectivity index (χ0n) is 21.0. The molecule has 0 amide bonds. The minimum Gasteiger partial charge on any atom is -0.508 e. The third-order valence-corrected chi connectivity index (χ3v) is 7.49. The van der Waals surface area contributed by atoms with Crippen molar-refractivity contribution in [1.82, 2.24) is 5.32 Å². The fourth-order valence-corrected chi connectivity index (χ4v) is 5.85. The molecule has 2 aliphatic carbocycles. The molecular formula is C29H30ClN3O3. The van der Waals surface area contributed by atoms with E-state index in [0.717, 1.165) is 11.4 Å². The van der Waals surface area contributed by atoms with E-state index in [1.807, 2.05) is 12.1 Å². The first-order chi connectivity index (χ1) is 16.9. The van der Waals surface area contributed by atoms with Crippen molar-refractivity contribution in [2.45, 2.75) is 59.3 Å². The fourth-order valence-electron chi connectivity index (χ4n) is 5.68. The van der Waals surface area contributed by atoms with Crippen molar-refractivity contribution in [2.24, 2.45) is 21.1 Å². The molecule has 36 heavy (non-hydrogen) atoms. The Balaban J connectivity index is 1.65. The maximum Gasteiger partial charge on any atom is 0.162 e. The number of hydrogen-bond acceptors (Lipinski definition) is 6. The number of nitrogens with zero attached hydrogens (tertiary/aromatic N) is 2. The van der Waals surface area contributed by atoms with E-state index < -0.39 is 5.92 Å². The summed E-state index contributed by atoms with van der Waals surface area (Å²) in [4.78, 5) is 27.0. The van der Waals surface area contributed by atoms with Gasteiger partial charge in [0, 0.05) is 46.9 Å². The van der Waals surface area contributed by atoms with Crippen LogP contribution in [-0.4, -0.2) is 16.7 Å². The molecule has 2 aromatic carbocycles.